The zero-order valence-corrected chi connectivity index (χ0v) is 21.5. The van der Waals surface area contributed by atoms with Gasteiger partial charge in [0.15, 0.2) is 0 Å². The van der Waals surface area contributed by atoms with Gasteiger partial charge in [0.25, 0.3) is 0 Å². The molecule has 0 aromatic heterocycles. The Labute approximate surface area is 223 Å². The first-order valence-corrected chi connectivity index (χ1v) is 12.8. The molecule has 11 nitrogen and oxygen atoms in total. The van der Waals surface area contributed by atoms with E-state index in [0.717, 1.165) is 11.1 Å². The average molecular weight is 524 g/mol. The summed E-state index contributed by atoms with van der Waals surface area (Å²) in [6, 6.07) is 12.9. The number of nitrogens with zero attached hydrogens (tertiary/aromatic N) is 1. The van der Waals surface area contributed by atoms with Crippen LogP contribution in [-0.4, -0.2) is 73.0 Å². The van der Waals surface area contributed by atoms with Crippen LogP contribution in [0.4, 0.5) is 5.69 Å². The van der Waals surface area contributed by atoms with E-state index in [2.05, 4.69) is 10.6 Å². The maximum atomic E-state index is 13.2. The van der Waals surface area contributed by atoms with Gasteiger partial charge in [-0.3, -0.25) is 14.4 Å². The minimum absolute atomic E-state index is 0.0645. The lowest BCUT2D eigenvalue weighted by Crippen LogP contribution is -2.50. The molecule has 3 amide bonds. The van der Waals surface area contributed by atoms with Gasteiger partial charge in [0, 0.05) is 38.3 Å². The number of carbonyl (C=O) groups excluding carboxylic acids is 3. The van der Waals surface area contributed by atoms with Crippen LogP contribution in [0, 0.1) is 0 Å². The highest BCUT2D eigenvalue weighted by atomic mass is 16.5. The Morgan fingerprint density at radius 3 is 2.42 bits per heavy atom. The first-order chi connectivity index (χ1) is 18.3. The third kappa shape index (κ3) is 8.37. The predicted molar refractivity (Wildman–Crippen MR) is 146 cm³/mol. The van der Waals surface area contributed by atoms with Crippen molar-refractivity contribution in [3.8, 4) is 0 Å². The number of carbonyl (C=O) groups is 3. The number of amides is 3. The number of nitrogens with one attached hydrogen (secondary N) is 2. The van der Waals surface area contributed by atoms with Crippen LogP contribution >= 0.6 is 0 Å². The van der Waals surface area contributed by atoms with Crippen molar-refractivity contribution in [2.24, 2.45) is 17.2 Å². The van der Waals surface area contributed by atoms with E-state index < -0.39 is 31.0 Å². The average Bonchev–Trinajstić information content (AvgIpc) is 3.29. The number of aryl methyl sites for hydroxylation is 1. The smallest absolute Gasteiger partial charge is 0.423 e. The molecule has 3 rings (SSSR count). The van der Waals surface area contributed by atoms with Gasteiger partial charge in [-0.15, -0.1) is 0 Å². The molecule has 0 saturated carbocycles. The van der Waals surface area contributed by atoms with Gasteiger partial charge >= 0.3 is 7.12 Å². The molecule has 1 heterocycles. The van der Waals surface area contributed by atoms with E-state index in [1.54, 1.807) is 23.1 Å². The maximum absolute atomic E-state index is 13.2. The lowest BCUT2D eigenvalue weighted by Gasteiger charge is -2.23. The van der Waals surface area contributed by atoms with E-state index in [1.807, 2.05) is 30.3 Å². The molecule has 38 heavy (non-hydrogen) atoms. The summed E-state index contributed by atoms with van der Waals surface area (Å²) in [5.74, 6) is -1.11. The molecule has 0 saturated heterocycles. The van der Waals surface area contributed by atoms with Gasteiger partial charge in [0.05, 0.1) is 12.6 Å². The number of nitrogens with two attached hydrogens (primary N) is 3. The van der Waals surface area contributed by atoms with Crippen molar-refractivity contribution in [3.63, 3.8) is 0 Å². The Hall–Kier alpha value is -3.29. The van der Waals surface area contributed by atoms with Crippen molar-refractivity contribution in [2.45, 2.75) is 44.4 Å². The molecule has 1 aliphatic rings. The molecule has 0 radical (unpaired) electrons. The quantitative estimate of drug-likeness (QED) is 0.167. The van der Waals surface area contributed by atoms with Crippen LogP contribution in [0.5, 0.6) is 0 Å². The van der Waals surface area contributed by atoms with Crippen molar-refractivity contribution < 1.29 is 24.1 Å². The molecule has 204 valence electrons. The number of benzene rings is 2. The van der Waals surface area contributed by atoms with Crippen molar-refractivity contribution in [1.29, 1.82) is 0 Å². The molecule has 0 unspecified atom stereocenters. The SMILES string of the molecule is NCCN(CCN)C(=O)CC[C@H](N)C(=O)N[C@H](CCc1ccccc1)C(=O)Nc1ccc2c(c1)B(O)OC2. The Morgan fingerprint density at radius 2 is 1.74 bits per heavy atom. The van der Waals surface area contributed by atoms with Crippen LogP contribution in [-0.2, 0) is 32.1 Å². The summed E-state index contributed by atoms with van der Waals surface area (Å²) in [5, 5.41) is 15.6. The minimum Gasteiger partial charge on any atom is -0.423 e. The molecule has 0 bridgehead atoms. The second-order valence-corrected chi connectivity index (χ2v) is 9.25. The standard InChI is InChI=1S/C26H37BN6O5/c28-12-14-33(15-13-29)24(34)11-9-22(30)25(35)32-23(10-6-18-4-2-1-3-5-18)26(36)31-20-8-7-19-17-38-27(37)21(19)16-20/h1-5,7-8,16,22-23,37H,6,9-15,17,28-30H2,(H,31,36)(H,32,35)/t22-,23+/m0/s1. The Balaban J connectivity index is 1.63. The van der Waals surface area contributed by atoms with E-state index in [0.29, 0.717) is 56.8 Å². The van der Waals surface area contributed by atoms with E-state index in [-0.39, 0.29) is 18.7 Å². The lowest BCUT2D eigenvalue weighted by atomic mass is 9.79. The summed E-state index contributed by atoms with van der Waals surface area (Å²) in [7, 11) is -1.04. The third-order valence-corrected chi connectivity index (χ3v) is 6.43. The van der Waals surface area contributed by atoms with Gasteiger partial charge in [-0.25, -0.2) is 0 Å². The fourth-order valence-corrected chi connectivity index (χ4v) is 4.27. The number of anilines is 1. The monoisotopic (exact) mass is 524 g/mol. The zero-order valence-electron chi connectivity index (χ0n) is 21.5. The molecule has 0 fully saturated rings. The van der Waals surface area contributed by atoms with E-state index >= 15 is 0 Å². The fraction of sp³-hybridized carbons (Fsp3) is 0.423. The van der Waals surface area contributed by atoms with Crippen molar-refractivity contribution in [2.75, 3.05) is 31.5 Å². The molecule has 2 aromatic carbocycles. The van der Waals surface area contributed by atoms with Crippen molar-refractivity contribution >= 4 is 36.0 Å². The lowest BCUT2D eigenvalue weighted by molar-refractivity contribution is -0.132. The molecule has 1 aliphatic heterocycles. The number of rotatable bonds is 14. The van der Waals surface area contributed by atoms with Gasteiger partial charge < -0.3 is 42.4 Å². The fourth-order valence-electron chi connectivity index (χ4n) is 4.27. The predicted octanol–water partition coefficient (Wildman–Crippen LogP) is -1.19. The van der Waals surface area contributed by atoms with Gasteiger partial charge in [-0.05, 0) is 48.0 Å². The topological polar surface area (TPSA) is 186 Å². The highest BCUT2D eigenvalue weighted by Crippen LogP contribution is 2.16. The summed E-state index contributed by atoms with van der Waals surface area (Å²) in [6.45, 7) is 1.69. The highest BCUT2D eigenvalue weighted by Gasteiger charge is 2.29. The molecule has 2 atom stereocenters. The number of hydrogen-bond donors (Lipinski definition) is 6. The summed E-state index contributed by atoms with van der Waals surface area (Å²) >= 11 is 0. The van der Waals surface area contributed by atoms with Gasteiger partial charge in [0.2, 0.25) is 17.7 Å². The molecule has 12 heteroatoms. The van der Waals surface area contributed by atoms with Crippen LogP contribution in [0.15, 0.2) is 48.5 Å². The molecular weight excluding hydrogens is 487 g/mol. The van der Waals surface area contributed by atoms with Crippen molar-refractivity contribution in [3.05, 3.63) is 59.7 Å². The highest BCUT2D eigenvalue weighted by molar-refractivity contribution is 6.61. The van der Waals surface area contributed by atoms with Crippen LogP contribution < -0.4 is 33.3 Å². The molecule has 0 spiro atoms. The van der Waals surface area contributed by atoms with E-state index in [1.165, 1.54) is 0 Å². The first-order valence-electron chi connectivity index (χ1n) is 12.8. The summed E-state index contributed by atoms with van der Waals surface area (Å²) in [4.78, 5) is 40.2. The van der Waals surface area contributed by atoms with Crippen LogP contribution in [0.1, 0.15) is 30.4 Å². The largest absolute Gasteiger partial charge is 0.491 e. The minimum atomic E-state index is -1.04. The number of fused-ring (bicyclic) bond motifs is 1. The zero-order chi connectivity index (χ0) is 27.5. The normalized spacial score (nSPS) is 13.9. The molecule has 9 N–H and O–H groups in total. The van der Waals surface area contributed by atoms with Gasteiger partial charge in [0.1, 0.15) is 6.04 Å². The molecule has 0 aliphatic carbocycles. The Bertz CT molecular complexity index is 1080. The van der Waals surface area contributed by atoms with Crippen LogP contribution in [0.3, 0.4) is 0 Å². The number of hydrogen-bond acceptors (Lipinski definition) is 8. The van der Waals surface area contributed by atoms with Crippen LogP contribution in [0.2, 0.25) is 0 Å². The Morgan fingerprint density at radius 1 is 1.03 bits per heavy atom. The van der Waals surface area contributed by atoms with E-state index in [9.17, 15) is 19.4 Å². The van der Waals surface area contributed by atoms with E-state index in [4.69, 9.17) is 21.9 Å². The van der Waals surface area contributed by atoms with Crippen molar-refractivity contribution in [1.82, 2.24) is 10.2 Å². The molecule has 2 aromatic rings. The second kappa shape index (κ2) is 14.6. The van der Waals surface area contributed by atoms with Gasteiger partial charge in [-0.2, -0.15) is 0 Å². The Kier molecular flexibility index (Phi) is 11.2. The molecular formula is C26H37BN6O5. The maximum Gasteiger partial charge on any atom is 0.491 e. The summed E-state index contributed by atoms with van der Waals surface area (Å²) in [6.07, 6.45) is 1.07. The third-order valence-electron chi connectivity index (χ3n) is 6.43. The van der Waals surface area contributed by atoms with Gasteiger partial charge in [-0.1, -0.05) is 36.4 Å². The summed E-state index contributed by atoms with van der Waals surface area (Å²) < 4.78 is 5.21. The summed E-state index contributed by atoms with van der Waals surface area (Å²) in [5.41, 5.74) is 20.2. The second-order valence-electron chi connectivity index (χ2n) is 9.25. The first kappa shape index (κ1) is 29.3. The van der Waals surface area contributed by atoms with Crippen LogP contribution in [0.25, 0.3) is 0 Å².